The number of carboxylic acid groups (broad SMARTS) is 1. The van der Waals surface area contributed by atoms with Crippen LogP contribution in [-0.4, -0.2) is 35.2 Å². The molecule has 2 aromatic rings. The first kappa shape index (κ1) is 16.5. The summed E-state index contributed by atoms with van der Waals surface area (Å²) in [7, 11) is 0. The molecule has 4 nitrogen and oxygen atoms in total. The summed E-state index contributed by atoms with van der Waals surface area (Å²) in [6, 6.07) is 17.5. The predicted octanol–water partition coefficient (Wildman–Crippen LogP) is 3.72. The molecule has 126 valence electrons. The number of para-hydroxylation sites is 1. The monoisotopic (exact) mass is 325 g/mol. The molecule has 1 aliphatic rings. The highest BCUT2D eigenvalue weighted by Gasteiger charge is 2.37. The molecule has 4 heteroatoms. The van der Waals surface area contributed by atoms with Gasteiger partial charge in [-0.15, -0.1) is 0 Å². The van der Waals surface area contributed by atoms with Crippen molar-refractivity contribution in [2.45, 2.75) is 31.8 Å². The van der Waals surface area contributed by atoms with Crippen LogP contribution in [0, 0.1) is 0 Å². The maximum absolute atomic E-state index is 11.7. The van der Waals surface area contributed by atoms with Crippen molar-refractivity contribution in [1.29, 1.82) is 0 Å². The minimum atomic E-state index is -0.748. The van der Waals surface area contributed by atoms with Gasteiger partial charge in [0, 0.05) is 12.1 Å². The van der Waals surface area contributed by atoms with Gasteiger partial charge in [0.1, 0.15) is 11.8 Å². The summed E-state index contributed by atoms with van der Waals surface area (Å²) in [5.74, 6) is 0.0761. The lowest BCUT2D eigenvalue weighted by atomic mass is 9.95. The third kappa shape index (κ3) is 3.29. The standard InChI is InChI=1S/C20H23NO3/c1-2-24-18-13-7-6-11-16(18)19(15-9-4-3-5-10-15)21-14-8-12-17(21)20(22)23/h3-7,9-11,13,17,19H,2,8,12,14H2,1H3,(H,22,23). The minimum Gasteiger partial charge on any atom is -0.494 e. The van der Waals surface area contributed by atoms with E-state index in [-0.39, 0.29) is 6.04 Å². The average molecular weight is 325 g/mol. The highest BCUT2D eigenvalue weighted by Crippen LogP contribution is 2.38. The fourth-order valence-corrected chi connectivity index (χ4v) is 3.54. The van der Waals surface area contributed by atoms with Gasteiger partial charge in [0.05, 0.1) is 12.6 Å². The Morgan fingerprint density at radius 3 is 2.62 bits per heavy atom. The van der Waals surface area contributed by atoms with Crippen LogP contribution in [0.2, 0.25) is 0 Å². The number of aliphatic carboxylic acids is 1. The lowest BCUT2D eigenvalue weighted by Crippen LogP contribution is -2.39. The quantitative estimate of drug-likeness (QED) is 0.879. The maximum atomic E-state index is 11.7. The van der Waals surface area contributed by atoms with E-state index in [1.807, 2.05) is 49.4 Å². The zero-order chi connectivity index (χ0) is 16.9. The summed E-state index contributed by atoms with van der Waals surface area (Å²) >= 11 is 0. The fraction of sp³-hybridized carbons (Fsp3) is 0.350. The van der Waals surface area contributed by atoms with Gasteiger partial charge in [0.15, 0.2) is 0 Å². The van der Waals surface area contributed by atoms with Crippen molar-refractivity contribution in [2.75, 3.05) is 13.2 Å². The summed E-state index contributed by atoms with van der Waals surface area (Å²) in [5, 5.41) is 9.63. The third-order valence-corrected chi connectivity index (χ3v) is 4.54. The molecule has 0 spiro atoms. The highest BCUT2D eigenvalue weighted by molar-refractivity contribution is 5.74. The molecule has 0 bridgehead atoms. The molecule has 2 unspecified atom stereocenters. The van der Waals surface area contributed by atoms with Crippen molar-refractivity contribution in [3.8, 4) is 5.75 Å². The van der Waals surface area contributed by atoms with Crippen LogP contribution in [0.5, 0.6) is 5.75 Å². The van der Waals surface area contributed by atoms with Crippen molar-refractivity contribution in [1.82, 2.24) is 4.90 Å². The van der Waals surface area contributed by atoms with Gasteiger partial charge in [0.25, 0.3) is 0 Å². The molecule has 0 saturated carbocycles. The van der Waals surface area contributed by atoms with Crippen molar-refractivity contribution in [3.63, 3.8) is 0 Å². The molecule has 0 radical (unpaired) electrons. The SMILES string of the molecule is CCOc1ccccc1C(c1ccccc1)N1CCCC1C(=O)O. The topological polar surface area (TPSA) is 49.8 Å². The number of carbonyl (C=O) groups is 1. The molecule has 1 heterocycles. The molecule has 24 heavy (non-hydrogen) atoms. The zero-order valence-electron chi connectivity index (χ0n) is 13.9. The van der Waals surface area contributed by atoms with Crippen LogP contribution in [0.15, 0.2) is 54.6 Å². The van der Waals surface area contributed by atoms with E-state index in [2.05, 4.69) is 17.0 Å². The van der Waals surface area contributed by atoms with Crippen LogP contribution in [-0.2, 0) is 4.79 Å². The van der Waals surface area contributed by atoms with Gasteiger partial charge >= 0.3 is 5.97 Å². The molecular formula is C20H23NO3. The van der Waals surface area contributed by atoms with E-state index in [0.29, 0.717) is 13.0 Å². The van der Waals surface area contributed by atoms with Gasteiger partial charge in [-0.3, -0.25) is 9.69 Å². The second kappa shape index (κ2) is 7.49. The van der Waals surface area contributed by atoms with Gasteiger partial charge in [-0.25, -0.2) is 0 Å². The van der Waals surface area contributed by atoms with E-state index >= 15 is 0 Å². The first-order valence-corrected chi connectivity index (χ1v) is 8.47. The average Bonchev–Trinajstić information content (AvgIpc) is 3.07. The van der Waals surface area contributed by atoms with Crippen molar-refractivity contribution in [2.24, 2.45) is 0 Å². The third-order valence-electron chi connectivity index (χ3n) is 4.54. The number of likely N-dealkylation sites (tertiary alicyclic amines) is 1. The largest absolute Gasteiger partial charge is 0.494 e. The van der Waals surface area contributed by atoms with Gasteiger partial charge in [0.2, 0.25) is 0 Å². The second-order valence-electron chi connectivity index (χ2n) is 6.02. The smallest absolute Gasteiger partial charge is 0.320 e. The number of rotatable bonds is 6. The van der Waals surface area contributed by atoms with Crippen LogP contribution >= 0.6 is 0 Å². The number of ether oxygens (including phenoxy) is 1. The Bertz CT molecular complexity index is 686. The molecule has 0 amide bonds. The van der Waals surface area contributed by atoms with Crippen molar-refractivity contribution >= 4 is 5.97 Å². The number of carboxylic acids is 1. The van der Waals surface area contributed by atoms with Gasteiger partial charge < -0.3 is 9.84 Å². The van der Waals surface area contributed by atoms with Crippen LogP contribution < -0.4 is 4.74 Å². The van der Waals surface area contributed by atoms with E-state index in [0.717, 1.165) is 29.8 Å². The van der Waals surface area contributed by atoms with Crippen LogP contribution in [0.4, 0.5) is 0 Å². The number of hydrogen-bond donors (Lipinski definition) is 1. The Hall–Kier alpha value is -2.33. The lowest BCUT2D eigenvalue weighted by Gasteiger charge is -2.33. The fourth-order valence-electron chi connectivity index (χ4n) is 3.54. The highest BCUT2D eigenvalue weighted by atomic mass is 16.5. The molecule has 0 aliphatic carbocycles. The lowest BCUT2D eigenvalue weighted by molar-refractivity contribution is -0.142. The number of benzene rings is 2. The Kier molecular flexibility index (Phi) is 5.16. The molecule has 1 saturated heterocycles. The summed E-state index contributed by atoms with van der Waals surface area (Å²) in [4.78, 5) is 13.8. The number of hydrogen-bond acceptors (Lipinski definition) is 3. The van der Waals surface area contributed by atoms with E-state index < -0.39 is 12.0 Å². The summed E-state index contributed by atoms with van der Waals surface area (Å²) in [5.41, 5.74) is 2.12. The second-order valence-corrected chi connectivity index (χ2v) is 6.02. The minimum absolute atomic E-state index is 0.113. The molecule has 1 aliphatic heterocycles. The van der Waals surface area contributed by atoms with Gasteiger partial charge in [-0.1, -0.05) is 48.5 Å². The summed E-state index contributed by atoms with van der Waals surface area (Å²) in [6.07, 6.45) is 1.59. The zero-order valence-corrected chi connectivity index (χ0v) is 13.9. The van der Waals surface area contributed by atoms with Gasteiger partial charge in [-0.2, -0.15) is 0 Å². The normalized spacial score (nSPS) is 19.1. The van der Waals surface area contributed by atoms with Gasteiger partial charge in [-0.05, 0) is 31.4 Å². The van der Waals surface area contributed by atoms with Crippen LogP contribution in [0.25, 0.3) is 0 Å². The predicted molar refractivity (Wildman–Crippen MR) is 93.3 cm³/mol. The van der Waals surface area contributed by atoms with E-state index in [1.165, 1.54) is 0 Å². The molecule has 1 fully saturated rings. The Morgan fingerprint density at radius 2 is 1.92 bits per heavy atom. The maximum Gasteiger partial charge on any atom is 0.320 e. The summed E-state index contributed by atoms with van der Waals surface area (Å²) in [6.45, 7) is 3.32. The molecule has 1 N–H and O–H groups in total. The van der Waals surface area contributed by atoms with E-state index in [4.69, 9.17) is 4.74 Å². The Balaban J connectivity index is 2.08. The number of nitrogens with zero attached hydrogens (tertiary/aromatic N) is 1. The van der Waals surface area contributed by atoms with E-state index in [9.17, 15) is 9.90 Å². The van der Waals surface area contributed by atoms with Crippen molar-refractivity contribution < 1.29 is 14.6 Å². The Morgan fingerprint density at radius 1 is 1.21 bits per heavy atom. The molecule has 2 atom stereocenters. The molecule has 0 aromatic heterocycles. The molecular weight excluding hydrogens is 302 g/mol. The van der Waals surface area contributed by atoms with Crippen LogP contribution in [0.1, 0.15) is 36.9 Å². The van der Waals surface area contributed by atoms with Crippen molar-refractivity contribution in [3.05, 3.63) is 65.7 Å². The van der Waals surface area contributed by atoms with Crippen LogP contribution in [0.3, 0.4) is 0 Å². The van der Waals surface area contributed by atoms with E-state index in [1.54, 1.807) is 0 Å². The molecule has 3 rings (SSSR count). The molecule has 2 aromatic carbocycles. The Labute approximate surface area is 142 Å². The first-order valence-electron chi connectivity index (χ1n) is 8.47. The summed E-state index contributed by atoms with van der Waals surface area (Å²) < 4.78 is 5.82. The first-order chi connectivity index (χ1) is 11.7.